The lowest BCUT2D eigenvalue weighted by atomic mass is 9.81. The number of halogens is 1. The molecule has 5 heteroatoms. The molecule has 0 fully saturated rings. The molecule has 144 valence electrons. The number of aromatic nitrogens is 1. The molecular formula is C22H26FNO3. The summed E-state index contributed by atoms with van der Waals surface area (Å²) >= 11 is 0. The number of aromatic amines is 1. The Morgan fingerprint density at radius 1 is 1.19 bits per heavy atom. The minimum Gasteiger partial charge on any atom is -0.461 e. The van der Waals surface area contributed by atoms with Gasteiger partial charge in [0.2, 0.25) is 0 Å². The van der Waals surface area contributed by atoms with Crippen LogP contribution >= 0.6 is 0 Å². The highest BCUT2D eigenvalue weighted by molar-refractivity contribution is 6.03. The van der Waals surface area contributed by atoms with Crippen LogP contribution in [-0.4, -0.2) is 23.3 Å². The van der Waals surface area contributed by atoms with Crippen LogP contribution in [-0.2, 0) is 11.2 Å². The molecule has 4 nitrogen and oxygen atoms in total. The highest BCUT2D eigenvalue weighted by atomic mass is 19.1. The van der Waals surface area contributed by atoms with Gasteiger partial charge in [-0.2, -0.15) is 0 Å². The van der Waals surface area contributed by atoms with Crippen molar-refractivity contribution in [1.82, 2.24) is 4.98 Å². The van der Waals surface area contributed by atoms with Gasteiger partial charge in [-0.1, -0.05) is 38.3 Å². The van der Waals surface area contributed by atoms with Gasteiger partial charge >= 0.3 is 5.97 Å². The van der Waals surface area contributed by atoms with E-state index in [2.05, 4.69) is 11.9 Å². The molecule has 1 aliphatic rings. The van der Waals surface area contributed by atoms with Crippen LogP contribution in [0.1, 0.15) is 82.6 Å². The summed E-state index contributed by atoms with van der Waals surface area (Å²) in [5.74, 6) is -0.686. The van der Waals surface area contributed by atoms with E-state index in [9.17, 15) is 14.0 Å². The van der Waals surface area contributed by atoms with Crippen LogP contribution in [0.15, 0.2) is 24.3 Å². The molecule has 1 aliphatic carbocycles. The second-order valence-corrected chi connectivity index (χ2v) is 7.26. The second kappa shape index (κ2) is 8.51. The SMILES string of the molecule is CCCCCCOC(=O)c1[nH]c2c(c1C)C(=O)C[C@@H](c1ccc(F)cc1)C2. The van der Waals surface area contributed by atoms with Gasteiger partial charge in [0.05, 0.1) is 6.61 Å². The lowest BCUT2D eigenvalue weighted by molar-refractivity contribution is 0.0490. The summed E-state index contributed by atoms with van der Waals surface area (Å²) in [5, 5.41) is 0. The molecule has 0 bridgehead atoms. The first-order valence-corrected chi connectivity index (χ1v) is 9.68. The third-order valence-electron chi connectivity index (χ3n) is 5.27. The quantitative estimate of drug-likeness (QED) is 0.543. The third kappa shape index (κ3) is 4.29. The molecule has 0 saturated carbocycles. The van der Waals surface area contributed by atoms with Crippen LogP contribution in [0, 0.1) is 12.7 Å². The molecule has 1 aromatic carbocycles. The number of fused-ring (bicyclic) bond motifs is 1. The zero-order chi connectivity index (χ0) is 19.4. The molecule has 1 aromatic heterocycles. The number of unbranched alkanes of at least 4 members (excludes halogenated alkanes) is 3. The van der Waals surface area contributed by atoms with Crippen LogP contribution in [0.5, 0.6) is 0 Å². The smallest absolute Gasteiger partial charge is 0.355 e. The third-order valence-corrected chi connectivity index (χ3v) is 5.27. The van der Waals surface area contributed by atoms with Gasteiger partial charge in [-0.05, 0) is 48.9 Å². The summed E-state index contributed by atoms with van der Waals surface area (Å²) in [7, 11) is 0. The Hall–Kier alpha value is -2.43. The number of ether oxygens (including phenoxy) is 1. The summed E-state index contributed by atoms with van der Waals surface area (Å²) in [6.07, 6.45) is 5.15. The Labute approximate surface area is 159 Å². The van der Waals surface area contributed by atoms with Crippen molar-refractivity contribution in [3.8, 4) is 0 Å². The second-order valence-electron chi connectivity index (χ2n) is 7.26. The zero-order valence-corrected chi connectivity index (χ0v) is 15.9. The van der Waals surface area contributed by atoms with E-state index in [4.69, 9.17) is 4.74 Å². The number of carbonyl (C=O) groups excluding carboxylic acids is 2. The summed E-state index contributed by atoms with van der Waals surface area (Å²) in [5.41, 5.74) is 3.37. The Morgan fingerprint density at radius 3 is 2.63 bits per heavy atom. The monoisotopic (exact) mass is 371 g/mol. The maximum absolute atomic E-state index is 13.2. The molecule has 1 heterocycles. The Balaban J connectivity index is 1.73. The van der Waals surface area contributed by atoms with Gasteiger partial charge in [0.25, 0.3) is 0 Å². The van der Waals surface area contributed by atoms with E-state index < -0.39 is 5.97 Å². The number of rotatable bonds is 7. The fourth-order valence-corrected chi connectivity index (χ4v) is 3.77. The minimum atomic E-state index is -0.399. The van der Waals surface area contributed by atoms with Gasteiger partial charge in [-0.25, -0.2) is 9.18 Å². The Morgan fingerprint density at radius 2 is 1.93 bits per heavy atom. The van der Waals surface area contributed by atoms with Gasteiger partial charge in [0, 0.05) is 17.7 Å². The Bertz CT molecular complexity index is 823. The van der Waals surface area contributed by atoms with Crippen molar-refractivity contribution in [3.05, 3.63) is 58.2 Å². The minimum absolute atomic E-state index is 0.0124. The van der Waals surface area contributed by atoms with Gasteiger partial charge in [-0.3, -0.25) is 4.79 Å². The summed E-state index contributed by atoms with van der Waals surface area (Å²) < 4.78 is 18.5. The van der Waals surface area contributed by atoms with E-state index in [1.165, 1.54) is 12.1 Å². The molecule has 3 rings (SSSR count). The van der Waals surface area contributed by atoms with Crippen molar-refractivity contribution in [2.24, 2.45) is 0 Å². The van der Waals surface area contributed by atoms with Crippen LogP contribution in [0.4, 0.5) is 4.39 Å². The first-order chi connectivity index (χ1) is 13.0. The maximum Gasteiger partial charge on any atom is 0.355 e. The molecule has 1 N–H and O–H groups in total. The first kappa shape index (κ1) is 19.3. The largest absolute Gasteiger partial charge is 0.461 e. The maximum atomic E-state index is 13.2. The number of ketones is 1. The predicted molar refractivity (Wildman–Crippen MR) is 102 cm³/mol. The number of carbonyl (C=O) groups is 2. The fraction of sp³-hybridized carbons (Fsp3) is 0.455. The molecule has 0 unspecified atom stereocenters. The summed E-state index contributed by atoms with van der Waals surface area (Å²) in [6, 6.07) is 6.27. The molecule has 1 atom stereocenters. The van der Waals surface area contributed by atoms with Gasteiger partial charge < -0.3 is 9.72 Å². The van der Waals surface area contributed by atoms with E-state index in [0.29, 0.717) is 36.3 Å². The molecule has 0 saturated heterocycles. The lowest BCUT2D eigenvalue weighted by Crippen LogP contribution is -2.18. The average Bonchev–Trinajstić information content (AvgIpc) is 2.99. The molecule has 0 radical (unpaired) electrons. The number of benzene rings is 1. The van der Waals surface area contributed by atoms with E-state index in [-0.39, 0.29) is 17.5 Å². The zero-order valence-electron chi connectivity index (χ0n) is 15.9. The summed E-state index contributed by atoms with van der Waals surface area (Å²) in [6.45, 7) is 4.32. The van der Waals surface area contributed by atoms with Gasteiger partial charge in [-0.15, -0.1) is 0 Å². The van der Waals surface area contributed by atoms with E-state index in [1.807, 2.05) is 0 Å². The van der Waals surface area contributed by atoms with Crippen LogP contribution in [0.3, 0.4) is 0 Å². The van der Waals surface area contributed by atoms with E-state index in [1.54, 1.807) is 19.1 Å². The van der Waals surface area contributed by atoms with Gasteiger partial charge in [0.15, 0.2) is 5.78 Å². The lowest BCUT2D eigenvalue weighted by Gasteiger charge is -2.22. The normalized spacial score (nSPS) is 16.3. The van der Waals surface area contributed by atoms with Crippen molar-refractivity contribution in [1.29, 1.82) is 0 Å². The van der Waals surface area contributed by atoms with Crippen LogP contribution in [0.2, 0.25) is 0 Å². The Kier molecular flexibility index (Phi) is 6.09. The molecular weight excluding hydrogens is 345 g/mol. The standard InChI is InChI=1S/C22H26FNO3/c1-3-4-5-6-11-27-22(26)21-14(2)20-18(24-21)12-16(13-19(20)25)15-7-9-17(23)10-8-15/h7-10,16,24H,3-6,11-13H2,1-2H3/t16-/m0/s1. The van der Waals surface area contributed by atoms with E-state index >= 15 is 0 Å². The number of hydrogen-bond acceptors (Lipinski definition) is 3. The first-order valence-electron chi connectivity index (χ1n) is 9.68. The highest BCUT2D eigenvalue weighted by Crippen LogP contribution is 2.35. The molecule has 2 aromatic rings. The van der Waals surface area contributed by atoms with E-state index in [0.717, 1.165) is 36.9 Å². The highest BCUT2D eigenvalue weighted by Gasteiger charge is 2.32. The van der Waals surface area contributed by atoms with Crippen molar-refractivity contribution >= 4 is 11.8 Å². The van der Waals surface area contributed by atoms with Crippen molar-refractivity contribution in [2.75, 3.05) is 6.61 Å². The number of Topliss-reactive ketones (excluding diaryl/α,β-unsaturated/α-hetero) is 1. The molecule has 0 aliphatic heterocycles. The molecule has 0 spiro atoms. The number of H-pyrrole nitrogens is 1. The number of nitrogens with one attached hydrogen (secondary N) is 1. The average molecular weight is 371 g/mol. The summed E-state index contributed by atoms with van der Waals surface area (Å²) in [4.78, 5) is 28.2. The van der Waals surface area contributed by atoms with Crippen molar-refractivity contribution in [2.45, 2.75) is 58.3 Å². The fourth-order valence-electron chi connectivity index (χ4n) is 3.77. The van der Waals surface area contributed by atoms with Crippen LogP contribution < -0.4 is 0 Å². The van der Waals surface area contributed by atoms with Gasteiger partial charge in [0.1, 0.15) is 11.5 Å². The number of hydrogen-bond donors (Lipinski definition) is 1. The van der Waals surface area contributed by atoms with Crippen molar-refractivity contribution < 1.29 is 18.7 Å². The van der Waals surface area contributed by atoms with Crippen molar-refractivity contribution in [3.63, 3.8) is 0 Å². The molecule has 0 amide bonds. The number of esters is 1. The predicted octanol–water partition coefficient (Wildman–Crippen LogP) is 5.11. The molecule has 27 heavy (non-hydrogen) atoms. The topological polar surface area (TPSA) is 59.2 Å². The van der Waals surface area contributed by atoms with Crippen LogP contribution in [0.25, 0.3) is 0 Å².